The van der Waals surface area contributed by atoms with Crippen molar-refractivity contribution in [2.45, 2.75) is 38.5 Å². The minimum Gasteiger partial charge on any atom is -0.598 e. The lowest BCUT2D eigenvalue weighted by Crippen LogP contribution is -2.40. The van der Waals surface area contributed by atoms with Crippen LogP contribution in [0.3, 0.4) is 0 Å². The first-order valence-corrected chi connectivity index (χ1v) is 10.1. The van der Waals surface area contributed by atoms with Crippen LogP contribution in [0.5, 0.6) is 0 Å². The summed E-state index contributed by atoms with van der Waals surface area (Å²) in [4.78, 5) is 11.5. The molecule has 0 aliphatic rings. The Kier molecular flexibility index (Phi) is 5.86. The molecule has 0 aliphatic heterocycles. The normalized spacial score (nSPS) is 14.3. The van der Waals surface area contributed by atoms with Gasteiger partial charge in [0.2, 0.25) is 5.28 Å². The maximum atomic E-state index is 14.7. The van der Waals surface area contributed by atoms with E-state index in [1.54, 1.807) is 12.1 Å². The lowest BCUT2D eigenvalue weighted by molar-refractivity contribution is 0.532. The minimum absolute atomic E-state index is 0.102. The number of nitrogens with one attached hydrogen (secondary N) is 1. The average molecular weight is 425 g/mol. The Balaban J connectivity index is 2.12. The van der Waals surface area contributed by atoms with E-state index in [0.29, 0.717) is 10.9 Å². The molecule has 1 N–H and O–H groups in total. The van der Waals surface area contributed by atoms with E-state index in [1.165, 1.54) is 6.20 Å². The summed E-state index contributed by atoms with van der Waals surface area (Å²) in [6.45, 7) is 7.39. The predicted octanol–water partition coefficient (Wildman–Crippen LogP) is 4.74. The second-order valence-corrected chi connectivity index (χ2v) is 9.65. The Morgan fingerprint density at radius 2 is 1.89 bits per heavy atom. The number of benzene rings is 1. The number of fused-ring (bicyclic) bond motifs is 1. The Bertz CT molecular complexity index is 1030. The van der Waals surface area contributed by atoms with Gasteiger partial charge < -0.3 is 4.55 Å². The van der Waals surface area contributed by atoms with E-state index >= 15 is 0 Å². The second kappa shape index (κ2) is 7.87. The Labute approximate surface area is 169 Å². The van der Waals surface area contributed by atoms with Gasteiger partial charge in [0.15, 0.2) is 5.82 Å². The SMILES string of the molecule is C[C@H](N[S@@+]([O-])C(C)(C)C)c1ccnc2c(F)cc(-c3nc(Cl)ncc3F)cc12. The molecular weight excluding hydrogens is 406 g/mol. The van der Waals surface area contributed by atoms with Crippen LogP contribution in [0.15, 0.2) is 30.6 Å². The van der Waals surface area contributed by atoms with E-state index in [-0.39, 0.29) is 28.1 Å². The Morgan fingerprint density at radius 3 is 2.57 bits per heavy atom. The molecule has 0 aliphatic carbocycles. The first kappa shape index (κ1) is 20.9. The first-order chi connectivity index (χ1) is 13.1. The summed E-state index contributed by atoms with van der Waals surface area (Å²) >= 11 is 4.44. The molecule has 0 unspecified atom stereocenters. The van der Waals surface area contributed by atoms with Gasteiger partial charge in [0.1, 0.15) is 21.8 Å². The number of hydrogen-bond donors (Lipinski definition) is 1. The average Bonchev–Trinajstić information content (AvgIpc) is 2.62. The maximum absolute atomic E-state index is 14.7. The third-order valence-corrected chi connectivity index (χ3v) is 5.99. The van der Waals surface area contributed by atoms with Crippen molar-refractivity contribution in [1.29, 1.82) is 0 Å². The fourth-order valence-electron chi connectivity index (χ4n) is 2.70. The fourth-order valence-corrected chi connectivity index (χ4v) is 3.63. The van der Waals surface area contributed by atoms with Crippen LogP contribution in [0, 0.1) is 11.6 Å². The fraction of sp³-hybridized carbons (Fsp3) is 0.316. The molecule has 3 aromatic rings. The second-order valence-electron chi connectivity index (χ2n) is 7.31. The van der Waals surface area contributed by atoms with Crippen LogP contribution >= 0.6 is 11.6 Å². The zero-order valence-electron chi connectivity index (χ0n) is 15.8. The number of hydrogen-bond acceptors (Lipinski definition) is 5. The highest BCUT2D eigenvalue weighted by atomic mass is 35.5. The summed E-state index contributed by atoms with van der Waals surface area (Å²) in [5.41, 5.74) is 0.931. The highest BCUT2D eigenvalue weighted by Gasteiger charge is 2.29. The predicted molar refractivity (Wildman–Crippen MR) is 107 cm³/mol. The highest BCUT2D eigenvalue weighted by molar-refractivity contribution is 7.90. The van der Waals surface area contributed by atoms with Crippen molar-refractivity contribution in [3.05, 3.63) is 53.1 Å². The van der Waals surface area contributed by atoms with Crippen LogP contribution in [-0.2, 0) is 11.4 Å². The van der Waals surface area contributed by atoms with Gasteiger partial charge in [0.25, 0.3) is 0 Å². The zero-order chi connectivity index (χ0) is 20.6. The molecule has 2 atom stereocenters. The van der Waals surface area contributed by atoms with E-state index in [9.17, 15) is 13.3 Å². The number of aromatic nitrogens is 3. The zero-order valence-corrected chi connectivity index (χ0v) is 17.3. The first-order valence-electron chi connectivity index (χ1n) is 8.52. The van der Waals surface area contributed by atoms with Gasteiger partial charge in [-0.15, -0.1) is 4.72 Å². The molecule has 0 fully saturated rings. The summed E-state index contributed by atoms with van der Waals surface area (Å²) < 4.78 is 43.9. The van der Waals surface area contributed by atoms with Crippen LogP contribution < -0.4 is 4.72 Å². The quantitative estimate of drug-likeness (QED) is 0.484. The van der Waals surface area contributed by atoms with Gasteiger partial charge in [0, 0.05) is 28.5 Å². The van der Waals surface area contributed by atoms with Crippen LogP contribution in [0.25, 0.3) is 22.2 Å². The monoisotopic (exact) mass is 424 g/mol. The van der Waals surface area contributed by atoms with Gasteiger partial charge in [-0.25, -0.2) is 18.7 Å². The van der Waals surface area contributed by atoms with Crippen molar-refractivity contribution in [3.63, 3.8) is 0 Å². The van der Waals surface area contributed by atoms with E-state index in [2.05, 4.69) is 19.7 Å². The van der Waals surface area contributed by atoms with Gasteiger partial charge in [-0.2, -0.15) is 0 Å². The number of halogens is 3. The number of pyridine rings is 1. The summed E-state index contributed by atoms with van der Waals surface area (Å²) in [6, 6.07) is 4.11. The smallest absolute Gasteiger partial charge is 0.223 e. The van der Waals surface area contributed by atoms with Gasteiger partial charge >= 0.3 is 0 Å². The van der Waals surface area contributed by atoms with Crippen molar-refractivity contribution in [2.75, 3.05) is 0 Å². The molecule has 0 radical (unpaired) electrons. The molecule has 28 heavy (non-hydrogen) atoms. The molecule has 2 aromatic heterocycles. The molecule has 0 amide bonds. The summed E-state index contributed by atoms with van der Waals surface area (Å²) in [5, 5.41) is 0.330. The van der Waals surface area contributed by atoms with Crippen LogP contribution in [-0.4, -0.2) is 24.3 Å². The number of nitrogens with zero attached hydrogens (tertiary/aromatic N) is 3. The van der Waals surface area contributed by atoms with Gasteiger partial charge in [-0.05, 0) is 63.1 Å². The van der Waals surface area contributed by atoms with Crippen molar-refractivity contribution < 1.29 is 13.3 Å². The van der Waals surface area contributed by atoms with Crippen LogP contribution in [0.4, 0.5) is 8.78 Å². The van der Waals surface area contributed by atoms with Gasteiger partial charge in [0.05, 0.1) is 12.2 Å². The van der Waals surface area contributed by atoms with E-state index in [1.807, 2.05) is 27.7 Å². The van der Waals surface area contributed by atoms with Crippen molar-refractivity contribution >= 4 is 33.9 Å². The molecule has 0 bridgehead atoms. The molecule has 1 aromatic carbocycles. The molecule has 0 saturated carbocycles. The van der Waals surface area contributed by atoms with Crippen molar-refractivity contribution in [3.8, 4) is 11.3 Å². The molecule has 0 saturated heterocycles. The molecule has 3 rings (SSSR count). The topological polar surface area (TPSA) is 73.8 Å². The third kappa shape index (κ3) is 4.25. The largest absolute Gasteiger partial charge is 0.598 e. The molecule has 0 spiro atoms. The van der Waals surface area contributed by atoms with Gasteiger partial charge in [-0.1, -0.05) is 0 Å². The molecule has 5 nitrogen and oxygen atoms in total. The van der Waals surface area contributed by atoms with E-state index in [0.717, 1.165) is 12.3 Å². The third-order valence-electron chi connectivity index (χ3n) is 4.13. The summed E-state index contributed by atoms with van der Waals surface area (Å²) in [5.74, 6) is -1.33. The van der Waals surface area contributed by atoms with Crippen molar-refractivity contribution in [1.82, 2.24) is 19.7 Å². The lowest BCUT2D eigenvalue weighted by Gasteiger charge is -2.27. The highest BCUT2D eigenvalue weighted by Crippen LogP contribution is 2.31. The minimum atomic E-state index is -1.33. The maximum Gasteiger partial charge on any atom is 0.223 e. The van der Waals surface area contributed by atoms with E-state index < -0.39 is 27.7 Å². The van der Waals surface area contributed by atoms with Gasteiger partial charge in [-0.3, -0.25) is 4.98 Å². The summed E-state index contributed by atoms with van der Waals surface area (Å²) in [7, 11) is 0. The molecule has 148 valence electrons. The molecular formula is C19H19ClF2N4OS. The van der Waals surface area contributed by atoms with E-state index in [4.69, 9.17) is 11.6 Å². The molecule has 2 heterocycles. The van der Waals surface area contributed by atoms with Crippen LogP contribution in [0.1, 0.15) is 39.3 Å². The molecule has 9 heteroatoms. The lowest BCUT2D eigenvalue weighted by atomic mass is 10.00. The Hall–Kier alpha value is -1.87. The Morgan fingerprint density at radius 1 is 1.18 bits per heavy atom. The number of rotatable bonds is 4. The standard InChI is InChI=1S/C19H19ClF2N4OS/c1-10(26-28(27)19(2,3)4)12-5-6-23-17-13(12)7-11(8-14(17)21)16-15(22)9-24-18(20)25-16/h5-10,26H,1-4H3/t10-,28-/m0/s1. The van der Waals surface area contributed by atoms with Crippen LogP contribution in [0.2, 0.25) is 5.28 Å². The summed E-state index contributed by atoms with van der Waals surface area (Å²) in [6.07, 6.45) is 2.42. The van der Waals surface area contributed by atoms with Crippen molar-refractivity contribution in [2.24, 2.45) is 0 Å².